The van der Waals surface area contributed by atoms with Crippen LogP contribution in [0.25, 0.3) is 0 Å². The van der Waals surface area contributed by atoms with Crippen molar-refractivity contribution in [3.8, 4) is 0 Å². The average Bonchev–Trinajstić information content (AvgIpc) is 2.66. The minimum absolute atomic E-state index is 0.107. The van der Waals surface area contributed by atoms with Crippen molar-refractivity contribution in [2.45, 2.75) is 5.51 Å². The molecule has 0 unspecified atom stereocenters. The molecule has 29 heavy (non-hydrogen) atoms. The van der Waals surface area contributed by atoms with E-state index >= 15 is 0 Å². The molecule has 0 radical (unpaired) electrons. The third kappa shape index (κ3) is 5.88. The largest absolute Gasteiger partial charge is 0.516 e. The lowest BCUT2D eigenvalue weighted by atomic mass is 10.2. The fourth-order valence-electron chi connectivity index (χ4n) is 2.21. The Hall–Kier alpha value is -3.21. The van der Waals surface area contributed by atoms with Crippen LogP contribution in [0.3, 0.4) is 0 Å². The summed E-state index contributed by atoms with van der Waals surface area (Å²) in [7, 11) is -5.65. The van der Waals surface area contributed by atoms with Crippen LogP contribution in [0.4, 0.5) is 36.1 Å². The lowest BCUT2D eigenvalue weighted by Gasteiger charge is -2.23. The van der Waals surface area contributed by atoms with E-state index in [-0.39, 0.29) is 17.2 Å². The average molecular weight is 425 g/mol. The predicted molar refractivity (Wildman–Crippen MR) is 106 cm³/mol. The van der Waals surface area contributed by atoms with Gasteiger partial charge < -0.3 is 4.90 Å². The third-order valence-corrected chi connectivity index (χ3v) is 4.60. The topological polar surface area (TPSA) is 87.0 Å². The quantitative estimate of drug-likeness (QED) is 0.456. The maximum absolute atomic E-state index is 12.9. The van der Waals surface area contributed by atoms with Crippen LogP contribution in [0.1, 0.15) is 0 Å². The molecule has 154 valence electrons. The Balaban J connectivity index is 2.50. The summed E-state index contributed by atoms with van der Waals surface area (Å²) in [5.74, 6) is 0.209. The highest BCUT2D eigenvalue weighted by Crippen LogP contribution is 2.34. The van der Waals surface area contributed by atoms with Gasteiger partial charge in [0, 0.05) is 25.0 Å². The number of halogens is 3. The van der Waals surface area contributed by atoms with E-state index in [1.165, 1.54) is 29.1 Å². The molecule has 1 aromatic carbocycles. The molecule has 1 N–H and O–H groups in total. The van der Waals surface area contributed by atoms with Crippen molar-refractivity contribution in [1.29, 1.82) is 0 Å². The first-order chi connectivity index (χ1) is 13.7. The highest BCUT2D eigenvalue weighted by atomic mass is 32.2. The Labute approximate surface area is 166 Å². The Morgan fingerprint density at radius 1 is 1.10 bits per heavy atom. The molecule has 1 aromatic heterocycles. The fourth-order valence-corrected chi connectivity index (χ4v) is 2.78. The number of nitrogens with one attached hydrogen (secondary N) is 1. The van der Waals surface area contributed by atoms with Crippen LogP contribution in [-0.4, -0.2) is 32.0 Å². The summed E-state index contributed by atoms with van der Waals surface area (Å²) in [4.78, 5) is 5.65. The monoisotopic (exact) mass is 425 g/mol. The van der Waals surface area contributed by atoms with Gasteiger partial charge >= 0.3 is 15.5 Å². The lowest BCUT2D eigenvalue weighted by Crippen LogP contribution is -2.30. The second-order valence-electron chi connectivity index (χ2n) is 5.62. The molecule has 11 heteroatoms. The molecule has 0 spiro atoms. The van der Waals surface area contributed by atoms with Gasteiger partial charge in [-0.2, -0.15) is 21.6 Å². The van der Waals surface area contributed by atoms with Crippen LogP contribution in [0.15, 0.2) is 78.1 Å². The molecule has 0 saturated heterocycles. The van der Waals surface area contributed by atoms with E-state index in [1.807, 2.05) is 0 Å². The van der Waals surface area contributed by atoms with Gasteiger partial charge in [0.2, 0.25) is 0 Å². The maximum Gasteiger partial charge on any atom is 0.516 e. The summed E-state index contributed by atoms with van der Waals surface area (Å²) in [5.41, 5.74) is -5.52. The molecule has 0 fully saturated rings. The molecule has 0 atom stereocenters. The minimum Gasteiger partial charge on any atom is -0.364 e. The van der Waals surface area contributed by atoms with Gasteiger partial charge in [-0.15, -0.1) is 23.4 Å². The van der Waals surface area contributed by atoms with Crippen LogP contribution < -0.4 is 9.62 Å². The van der Waals surface area contributed by atoms with Crippen molar-refractivity contribution < 1.29 is 21.6 Å². The number of rotatable bonds is 9. The first-order valence-electron chi connectivity index (χ1n) is 8.20. The van der Waals surface area contributed by atoms with Crippen molar-refractivity contribution >= 4 is 32.9 Å². The fraction of sp³-hybridized carbons (Fsp3) is 0.167. The zero-order valence-corrected chi connectivity index (χ0v) is 16.0. The molecule has 0 bridgehead atoms. The van der Waals surface area contributed by atoms with E-state index in [1.54, 1.807) is 35.3 Å². The SMILES string of the molecule is C=CCN(CC=C)c1ccc(N=Nc2ccccn2)c(NS(=O)(=O)C(F)(F)F)c1. The number of anilines is 2. The van der Waals surface area contributed by atoms with E-state index in [0.717, 1.165) is 0 Å². The molecule has 0 aliphatic heterocycles. The zero-order valence-electron chi connectivity index (χ0n) is 15.2. The standard InChI is InChI=1S/C18H18F3N5O2S/c1-3-11-26(12-4-2)14-8-9-15(23-24-17-7-5-6-10-22-17)16(13-14)25-29(27,28)18(19,20)21/h3-10,13,25H,1-2,11-12H2. The normalized spacial score (nSPS) is 12.0. The number of pyridine rings is 1. The van der Waals surface area contributed by atoms with Crippen LogP contribution in [0, 0.1) is 0 Å². The Morgan fingerprint density at radius 2 is 1.79 bits per heavy atom. The second-order valence-corrected chi connectivity index (χ2v) is 7.30. The van der Waals surface area contributed by atoms with Gasteiger partial charge in [0.05, 0.1) is 5.69 Å². The highest BCUT2D eigenvalue weighted by molar-refractivity contribution is 7.93. The summed E-state index contributed by atoms with van der Waals surface area (Å²) >= 11 is 0. The molecular weight excluding hydrogens is 407 g/mol. The minimum atomic E-state index is -5.65. The van der Waals surface area contributed by atoms with E-state index in [9.17, 15) is 21.6 Å². The number of sulfonamides is 1. The number of alkyl halides is 3. The Kier molecular flexibility index (Phi) is 7.10. The van der Waals surface area contributed by atoms with Crippen molar-refractivity contribution in [3.05, 3.63) is 67.9 Å². The highest BCUT2D eigenvalue weighted by Gasteiger charge is 2.46. The molecule has 2 aromatic rings. The lowest BCUT2D eigenvalue weighted by molar-refractivity contribution is -0.0429. The van der Waals surface area contributed by atoms with Crippen LogP contribution in [-0.2, 0) is 10.0 Å². The summed E-state index contributed by atoms with van der Waals surface area (Å²) in [5, 5.41) is 7.67. The van der Waals surface area contributed by atoms with Crippen molar-refractivity contribution in [2.24, 2.45) is 10.2 Å². The molecule has 7 nitrogen and oxygen atoms in total. The molecule has 0 aliphatic carbocycles. The first-order valence-corrected chi connectivity index (χ1v) is 9.69. The molecule has 0 saturated carbocycles. The van der Waals surface area contributed by atoms with Crippen molar-refractivity contribution in [2.75, 3.05) is 22.7 Å². The predicted octanol–water partition coefficient (Wildman–Crippen LogP) is 4.94. The van der Waals surface area contributed by atoms with Gasteiger partial charge in [0.25, 0.3) is 0 Å². The third-order valence-electron chi connectivity index (χ3n) is 3.50. The second kappa shape index (κ2) is 9.32. The number of hydrogen-bond acceptors (Lipinski definition) is 6. The van der Waals surface area contributed by atoms with Crippen LogP contribution in [0.2, 0.25) is 0 Å². The van der Waals surface area contributed by atoms with Crippen molar-refractivity contribution in [3.63, 3.8) is 0 Å². The van der Waals surface area contributed by atoms with Gasteiger partial charge in [-0.25, -0.2) is 4.98 Å². The molecule has 0 amide bonds. The van der Waals surface area contributed by atoms with E-state index in [4.69, 9.17) is 0 Å². The number of hydrogen-bond donors (Lipinski definition) is 1. The maximum atomic E-state index is 12.9. The van der Waals surface area contributed by atoms with E-state index < -0.39 is 15.5 Å². The molecule has 0 aliphatic rings. The molecule has 2 rings (SSSR count). The molecular formula is C18H18F3N5O2S. The Morgan fingerprint density at radius 3 is 2.34 bits per heavy atom. The van der Waals surface area contributed by atoms with E-state index in [0.29, 0.717) is 18.8 Å². The number of aromatic nitrogens is 1. The summed E-state index contributed by atoms with van der Waals surface area (Å²) in [6.45, 7) is 7.99. The van der Waals surface area contributed by atoms with E-state index in [2.05, 4.69) is 28.4 Å². The molecule has 1 heterocycles. The smallest absolute Gasteiger partial charge is 0.364 e. The number of azo groups is 1. The van der Waals surface area contributed by atoms with Crippen LogP contribution in [0.5, 0.6) is 0 Å². The Bertz CT molecular complexity index is 982. The van der Waals surface area contributed by atoms with Gasteiger partial charge in [-0.05, 0) is 30.3 Å². The van der Waals surface area contributed by atoms with Crippen LogP contribution >= 0.6 is 0 Å². The number of nitrogens with zero attached hydrogens (tertiary/aromatic N) is 4. The summed E-state index contributed by atoms with van der Waals surface area (Å²) < 4.78 is 63.3. The zero-order chi connectivity index (χ0) is 21.5. The number of benzene rings is 1. The van der Waals surface area contributed by atoms with Crippen molar-refractivity contribution in [1.82, 2.24) is 4.98 Å². The van der Waals surface area contributed by atoms with Gasteiger partial charge in [-0.3, -0.25) is 4.72 Å². The summed E-state index contributed by atoms with van der Waals surface area (Å²) in [6.07, 6.45) is 4.66. The van der Waals surface area contributed by atoms with Gasteiger partial charge in [-0.1, -0.05) is 18.2 Å². The van der Waals surface area contributed by atoms with Gasteiger partial charge in [0.15, 0.2) is 5.82 Å². The summed E-state index contributed by atoms with van der Waals surface area (Å²) in [6, 6.07) is 9.02. The van der Waals surface area contributed by atoms with Gasteiger partial charge in [0.1, 0.15) is 5.69 Å². The first kappa shape index (κ1) is 22.1.